The number of benzene rings is 2. The average molecular weight is 573 g/mol. The Hall–Kier alpha value is -2.37. The van der Waals surface area contributed by atoms with Crippen LogP contribution in [0.2, 0.25) is 0 Å². The van der Waals surface area contributed by atoms with Crippen LogP contribution in [0.15, 0.2) is 47.4 Å². The fourth-order valence-corrected chi connectivity index (χ4v) is 7.25. The molecule has 1 saturated heterocycles. The molecule has 4 rings (SSSR count). The third-order valence-corrected chi connectivity index (χ3v) is 10.2. The van der Waals surface area contributed by atoms with Gasteiger partial charge in [0.2, 0.25) is 10.0 Å². The Morgan fingerprint density at radius 2 is 1.77 bits per heavy atom. The summed E-state index contributed by atoms with van der Waals surface area (Å²) in [6, 6.07) is 12.6. The molecular weight excluding hydrogens is 532 g/mol. The molecule has 0 unspecified atom stereocenters. The van der Waals surface area contributed by atoms with Gasteiger partial charge in [0, 0.05) is 44.8 Å². The highest BCUT2D eigenvalue weighted by Gasteiger charge is 2.25. The van der Waals surface area contributed by atoms with Crippen molar-refractivity contribution in [3.05, 3.63) is 53.6 Å². The van der Waals surface area contributed by atoms with Crippen molar-refractivity contribution in [1.29, 1.82) is 0 Å². The lowest BCUT2D eigenvalue weighted by molar-refractivity contribution is 0.0376. The second-order valence-electron chi connectivity index (χ2n) is 9.79. The lowest BCUT2D eigenvalue weighted by atomic mass is 10.2. The SMILES string of the molecule is CCCCN(CC)S(=O)(=O)c1ccc(C(=O)N(CCCN2CCOCC2)c2nc3ccc(CC)cc3s2)cc1. The average Bonchev–Trinajstić information content (AvgIpc) is 3.39. The maximum atomic E-state index is 13.8. The van der Waals surface area contributed by atoms with Crippen molar-refractivity contribution in [3.63, 3.8) is 0 Å². The van der Waals surface area contributed by atoms with E-state index in [1.807, 2.05) is 19.9 Å². The molecule has 0 spiro atoms. The number of amides is 1. The summed E-state index contributed by atoms with van der Waals surface area (Å²) in [5.74, 6) is -0.172. The Labute approximate surface area is 236 Å². The molecule has 10 heteroatoms. The van der Waals surface area contributed by atoms with Crippen LogP contribution in [0.4, 0.5) is 5.13 Å². The van der Waals surface area contributed by atoms with Gasteiger partial charge in [-0.3, -0.25) is 14.6 Å². The van der Waals surface area contributed by atoms with Gasteiger partial charge in [-0.1, -0.05) is 44.6 Å². The minimum atomic E-state index is -3.61. The van der Waals surface area contributed by atoms with Crippen LogP contribution in [0.5, 0.6) is 0 Å². The molecule has 1 fully saturated rings. The van der Waals surface area contributed by atoms with E-state index in [1.165, 1.54) is 21.2 Å². The predicted molar refractivity (Wildman–Crippen MR) is 158 cm³/mol. The first-order valence-electron chi connectivity index (χ1n) is 14.0. The van der Waals surface area contributed by atoms with Crippen LogP contribution in [0.1, 0.15) is 56.0 Å². The first-order valence-corrected chi connectivity index (χ1v) is 16.2. The molecule has 3 aromatic rings. The number of ether oxygens (including phenoxy) is 1. The van der Waals surface area contributed by atoms with Gasteiger partial charge < -0.3 is 4.74 Å². The van der Waals surface area contributed by atoms with Crippen LogP contribution in [-0.2, 0) is 21.2 Å². The van der Waals surface area contributed by atoms with Gasteiger partial charge in [-0.15, -0.1) is 0 Å². The number of carbonyl (C=O) groups is 1. The highest BCUT2D eigenvalue weighted by molar-refractivity contribution is 7.89. The molecule has 0 radical (unpaired) electrons. The third-order valence-electron chi connectivity index (χ3n) is 7.14. The highest BCUT2D eigenvalue weighted by Crippen LogP contribution is 2.31. The van der Waals surface area contributed by atoms with E-state index < -0.39 is 10.0 Å². The Balaban J connectivity index is 1.57. The molecular formula is C29H40N4O4S2. The van der Waals surface area contributed by atoms with Crippen LogP contribution >= 0.6 is 11.3 Å². The molecule has 1 aliphatic rings. The molecule has 1 aliphatic heterocycles. The summed E-state index contributed by atoms with van der Waals surface area (Å²) < 4.78 is 34.3. The molecule has 0 N–H and O–H groups in total. The van der Waals surface area contributed by atoms with Gasteiger partial charge >= 0.3 is 0 Å². The van der Waals surface area contributed by atoms with Gasteiger partial charge in [0.05, 0.1) is 28.3 Å². The van der Waals surface area contributed by atoms with Crippen molar-refractivity contribution in [1.82, 2.24) is 14.2 Å². The van der Waals surface area contributed by atoms with Crippen molar-refractivity contribution < 1.29 is 17.9 Å². The van der Waals surface area contributed by atoms with Gasteiger partial charge in [-0.2, -0.15) is 4.31 Å². The summed E-state index contributed by atoms with van der Waals surface area (Å²) in [7, 11) is -3.61. The quantitative estimate of drug-likeness (QED) is 0.286. The van der Waals surface area contributed by atoms with Crippen molar-refractivity contribution in [2.45, 2.75) is 51.3 Å². The largest absolute Gasteiger partial charge is 0.379 e. The minimum Gasteiger partial charge on any atom is -0.379 e. The number of hydrogen-bond donors (Lipinski definition) is 0. The molecule has 2 aromatic carbocycles. The highest BCUT2D eigenvalue weighted by atomic mass is 32.2. The molecule has 212 valence electrons. The zero-order chi connectivity index (χ0) is 27.8. The fourth-order valence-electron chi connectivity index (χ4n) is 4.71. The molecule has 2 heterocycles. The van der Waals surface area contributed by atoms with Crippen LogP contribution in [0, 0.1) is 0 Å². The number of carbonyl (C=O) groups excluding carboxylic acids is 1. The summed E-state index contributed by atoms with van der Waals surface area (Å²) in [5.41, 5.74) is 2.57. The normalized spacial score (nSPS) is 14.8. The van der Waals surface area contributed by atoms with Gasteiger partial charge in [-0.05, 0) is 61.2 Å². The molecule has 1 aromatic heterocycles. The van der Waals surface area contributed by atoms with Gasteiger partial charge in [0.1, 0.15) is 0 Å². The van der Waals surface area contributed by atoms with E-state index in [2.05, 4.69) is 24.0 Å². The Kier molecular flexibility index (Phi) is 10.5. The number of anilines is 1. The molecule has 0 bridgehead atoms. The minimum absolute atomic E-state index is 0.172. The first kappa shape index (κ1) is 29.6. The van der Waals surface area contributed by atoms with E-state index in [-0.39, 0.29) is 10.8 Å². The predicted octanol–water partition coefficient (Wildman–Crippen LogP) is 5.04. The van der Waals surface area contributed by atoms with Crippen molar-refractivity contribution in [3.8, 4) is 0 Å². The monoisotopic (exact) mass is 572 g/mol. The van der Waals surface area contributed by atoms with E-state index in [4.69, 9.17) is 9.72 Å². The zero-order valence-corrected chi connectivity index (χ0v) is 24.9. The summed E-state index contributed by atoms with van der Waals surface area (Å²) in [4.78, 5) is 22.9. The molecule has 0 aliphatic carbocycles. The number of sulfonamides is 1. The summed E-state index contributed by atoms with van der Waals surface area (Å²) in [6.45, 7) is 11.6. The first-order chi connectivity index (χ1) is 18.9. The van der Waals surface area contributed by atoms with E-state index in [0.717, 1.165) is 68.7 Å². The fraction of sp³-hybridized carbons (Fsp3) is 0.517. The summed E-state index contributed by atoms with van der Waals surface area (Å²) in [5, 5.41) is 0.665. The number of aromatic nitrogens is 1. The van der Waals surface area contributed by atoms with E-state index in [0.29, 0.717) is 30.3 Å². The molecule has 8 nitrogen and oxygen atoms in total. The van der Waals surface area contributed by atoms with Gasteiger partial charge in [0.25, 0.3) is 5.91 Å². The van der Waals surface area contributed by atoms with Crippen molar-refractivity contribution in [2.75, 3.05) is 57.4 Å². The Morgan fingerprint density at radius 1 is 1.03 bits per heavy atom. The lowest BCUT2D eigenvalue weighted by Crippen LogP contribution is -2.39. The number of aryl methyl sites for hydroxylation is 1. The zero-order valence-electron chi connectivity index (χ0n) is 23.3. The Morgan fingerprint density at radius 3 is 2.44 bits per heavy atom. The number of rotatable bonds is 13. The Bertz CT molecular complexity index is 1340. The second-order valence-corrected chi connectivity index (χ2v) is 12.7. The number of fused-ring (bicyclic) bond motifs is 1. The van der Waals surface area contributed by atoms with Crippen molar-refractivity contribution in [2.24, 2.45) is 0 Å². The summed E-state index contributed by atoms with van der Waals surface area (Å²) >= 11 is 1.52. The van der Waals surface area contributed by atoms with Crippen molar-refractivity contribution >= 4 is 42.6 Å². The number of thiazole rings is 1. The van der Waals surface area contributed by atoms with Crippen LogP contribution < -0.4 is 4.90 Å². The maximum absolute atomic E-state index is 13.8. The third kappa shape index (κ3) is 7.24. The topological polar surface area (TPSA) is 83.1 Å². The van der Waals surface area contributed by atoms with Gasteiger partial charge in [-0.25, -0.2) is 13.4 Å². The van der Waals surface area contributed by atoms with Crippen LogP contribution in [-0.4, -0.2) is 81.0 Å². The number of morpholine rings is 1. The molecule has 1 amide bonds. The van der Waals surface area contributed by atoms with E-state index in [1.54, 1.807) is 29.2 Å². The lowest BCUT2D eigenvalue weighted by Gasteiger charge is -2.27. The number of unbranched alkanes of at least 4 members (excludes halogenated alkanes) is 1. The number of nitrogens with zero attached hydrogens (tertiary/aromatic N) is 4. The smallest absolute Gasteiger partial charge is 0.260 e. The van der Waals surface area contributed by atoms with Crippen LogP contribution in [0.3, 0.4) is 0 Å². The standard InChI is InChI=1S/C29H40N4O4S2/c1-4-7-16-32(6-3)39(35,36)25-12-10-24(11-13-25)28(34)33(17-8-15-31-18-20-37-21-19-31)29-30-26-14-9-23(5-2)22-27(26)38-29/h9-14,22H,4-8,15-21H2,1-3H3. The van der Waals surface area contributed by atoms with Gasteiger partial charge in [0.15, 0.2) is 5.13 Å². The van der Waals surface area contributed by atoms with E-state index >= 15 is 0 Å². The molecule has 39 heavy (non-hydrogen) atoms. The van der Waals surface area contributed by atoms with E-state index in [9.17, 15) is 13.2 Å². The van der Waals surface area contributed by atoms with Crippen LogP contribution in [0.25, 0.3) is 10.2 Å². The second kappa shape index (κ2) is 13.8. The molecule has 0 atom stereocenters. The maximum Gasteiger partial charge on any atom is 0.260 e. The molecule has 0 saturated carbocycles. The summed E-state index contributed by atoms with van der Waals surface area (Å²) in [6.07, 6.45) is 3.48. The number of hydrogen-bond acceptors (Lipinski definition) is 7.